The van der Waals surface area contributed by atoms with E-state index in [1.54, 1.807) is 5.57 Å². The standard InChI is InChI=1S/C12H21N/c1-9(2)11-7-6-10-5-4-8-13(3)12(10)11/h7,9-10,12H,4-6,8H2,1-3H3. The predicted molar refractivity (Wildman–Crippen MR) is 56.7 cm³/mol. The fraction of sp³-hybridized carbons (Fsp3) is 0.833. The van der Waals surface area contributed by atoms with Crippen LogP contribution in [0.15, 0.2) is 11.6 Å². The molecule has 13 heavy (non-hydrogen) atoms. The lowest BCUT2D eigenvalue weighted by Crippen LogP contribution is -2.42. The smallest absolute Gasteiger partial charge is 0.0338 e. The molecular weight excluding hydrogens is 158 g/mol. The van der Waals surface area contributed by atoms with Gasteiger partial charge >= 0.3 is 0 Å². The Morgan fingerprint density at radius 1 is 1.46 bits per heavy atom. The molecule has 0 aromatic rings. The van der Waals surface area contributed by atoms with Crippen molar-refractivity contribution in [2.24, 2.45) is 11.8 Å². The highest BCUT2D eigenvalue weighted by atomic mass is 15.1. The van der Waals surface area contributed by atoms with Gasteiger partial charge < -0.3 is 0 Å². The van der Waals surface area contributed by atoms with Gasteiger partial charge in [-0.15, -0.1) is 0 Å². The summed E-state index contributed by atoms with van der Waals surface area (Å²) in [7, 11) is 2.29. The van der Waals surface area contributed by atoms with E-state index in [0.717, 1.165) is 17.9 Å². The maximum Gasteiger partial charge on any atom is 0.0338 e. The van der Waals surface area contributed by atoms with Gasteiger partial charge in [-0.2, -0.15) is 0 Å². The number of hydrogen-bond acceptors (Lipinski definition) is 1. The largest absolute Gasteiger partial charge is 0.299 e. The molecule has 1 aliphatic heterocycles. The summed E-state index contributed by atoms with van der Waals surface area (Å²) < 4.78 is 0. The third kappa shape index (κ3) is 1.54. The molecule has 0 spiro atoms. The fourth-order valence-corrected chi connectivity index (χ4v) is 3.02. The summed E-state index contributed by atoms with van der Waals surface area (Å²) in [6, 6.07) is 0.786. The summed E-state index contributed by atoms with van der Waals surface area (Å²) in [5.41, 5.74) is 1.70. The molecule has 2 atom stereocenters. The van der Waals surface area contributed by atoms with Crippen LogP contribution in [0.25, 0.3) is 0 Å². The van der Waals surface area contributed by atoms with Crippen molar-refractivity contribution >= 4 is 0 Å². The van der Waals surface area contributed by atoms with Crippen molar-refractivity contribution < 1.29 is 0 Å². The molecule has 0 aromatic carbocycles. The van der Waals surface area contributed by atoms with Crippen molar-refractivity contribution in [1.29, 1.82) is 0 Å². The lowest BCUT2D eigenvalue weighted by Gasteiger charge is -2.38. The molecule has 2 aliphatic rings. The van der Waals surface area contributed by atoms with E-state index in [9.17, 15) is 0 Å². The Morgan fingerprint density at radius 2 is 2.23 bits per heavy atom. The Kier molecular flexibility index (Phi) is 2.46. The van der Waals surface area contributed by atoms with E-state index in [2.05, 4.69) is 31.9 Å². The predicted octanol–water partition coefficient (Wildman–Crippen LogP) is 2.68. The molecule has 1 saturated heterocycles. The zero-order valence-electron chi connectivity index (χ0n) is 9.09. The van der Waals surface area contributed by atoms with E-state index < -0.39 is 0 Å². The van der Waals surface area contributed by atoms with Crippen molar-refractivity contribution in [3.05, 3.63) is 11.6 Å². The number of hydrogen-bond donors (Lipinski definition) is 0. The number of fused-ring (bicyclic) bond motifs is 1. The number of nitrogens with zero attached hydrogens (tertiary/aromatic N) is 1. The summed E-state index contributed by atoms with van der Waals surface area (Å²) in [6.07, 6.45) is 6.68. The van der Waals surface area contributed by atoms with Crippen LogP contribution >= 0.6 is 0 Å². The molecule has 74 valence electrons. The number of likely N-dealkylation sites (tertiary alicyclic amines) is 1. The van der Waals surface area contributed by atoms with Gasteiger partial charge in [0.1, 0.15) is 0 Å². The third-order valence-corrected chi connectivity index (χ3v) is 3.67. The Morgan fingerprint density at radius 3 is 2.92 bits per heavy atom. The van der Waals surface area contributed by atoms with E-state index in [-0.39, 0.29) is 0 Å². The summed E-state index contributed by atoms with van der Waals surface area (Å²) in [4.78, 5) is 2.56. The first-order chi connectivity index (χ1) is 6.20. The minimum atomic E-state index is 0.746. The summed E-state index contributed by atoms with van der Waals surface area (Å²) in [5.74, 6) is 1.69. The Bertz CT molecular complexity index is 217. The van der Waals surface area contributed by atoms with Crippen LogP contribution in [-0.2, 0) is 0 Å². The van der Waals surface area contributed by atoms with Gasteiger partial charge in [0.25, 0.3) is 0 Å². The highest BCUT2D eigenvalue weighted by Gasteiger charge is 2.35. The molecule has 1 nitrogen and oxygen atoms in total. The molecule has 0 radical (unpaired) electrons. The third-order valence-electron chi connectivity index (χ3n) is 3.67. The van der Waals surface area contributed by atoms with E-state index in [1.165, 1.54) is 25.8 Å². The summed E-state index contributed by atoms with van der Waals surface area (Å²) in [5, 5.41) is 0. The van der Waals surface area contributed by atoms with Gasteiger partial charge in [-0.25, -0.2) is 0 Å². The van der Waals surface area contributed by atoms with Crippen LogP contribution in [0, 0.1) is 11.8 Å². The van der Waals surface area contributed by atoms with Crippen molar-refractivity contribution in [3.8, 4) is 0 Å². The molecule has 0 N–H and O–H groups in total. The monoisotopic (exact) mass is 179 g/mol. The van der Waals surface area contributed by atoms with Gasteiger partial charge in [0.15, 0.2) is 0 Å². The molecule has 0 saturated carbocycles. The first kappa shape index (κ1) is 9.26. The van der Waals surface area contributed by atoms with Crippen molar-refractivity contribution in [1.82, 2.24) is 4.90 Å². The Labute approximate surface area is 81.8 Å². The van der Waals surface area contributed by atoms with Gasteiger partial charge in [-0.1, -0.05) is 25.5 Å². The van der Waals surface area contributed by atoms with E-state index in [1.807, 2.05) is 0 Å². The maximum atomic E-state index is 2.56. The second-order valence-corrected chi connectivity index (χ2v) is 4.92. The molecule has 1 fully saturated rings. The van der Waals surface area contributed by atoms with Gasteiger partial charge in [0.05, 0.1) is 0 Å². The molecule has 0 amide bonds. The SMILES string of the molecule is CC(C)C1=CCC2CCCN(C)C12. The van der Waals surface area contributed by atoms with Crippen molar-refractivity contribution in [2.45, 2.75) is 39.2 Å². The van der Waals surface area contributed by atoms with Crippen LogP contribution in [0.2, 0.25) is 0 Å². The molecular formula is C12H21N. The molecule has 1 aliphatic carbocycles. The molecule has 0 aromatic heterocycles. The molecule has 1 heterocycles. The van der Waals surface area contributed by atoms with Crippen LogP contribution < -0.4 is 0 Å². The summed E-state index contributed by atoms with van der Waals surface area (Å²) in [6.45, 7) is 5.96. The number of piperidine rings is 1. The lowest BCUT2D eigenvalue weighted by molar-refractivity contribution is 0.154. The maximum absolute atomic E-state index is 2.56. The average Bonchev–Trinajstić information content (AvgIpc) is 2.49. The minimum absolute atomic E-state index is 0.746. The first-order valence-electron chi connectivity index (χ1n) is 5.60. The topological polar surface area (TPSA) is 3.24 Å². The second kappa shape index (κ2) is 3.45. The minimum Gasteiger partial charge on any atom is -0.299 e. The van der Waals surface area contributed by atoms with Crippen LogP contribution in [0.4, 0.5) is 0 Å². The lowest BCUT2D eigenvalue weighted by atomic mass is 9.86. The molecule has 2 unspecified atom stereocenters. The van der Waals surface area contributed by atoms with E-state index in [4.69, 9.17) is 0 Å². The number of allylic oxidation sites excluding steroid dienone is 1. The number of rotatable bonds is 1. The molecule has 1 heteroatoms. The molecule has 2 rings (SSSR count). The first-order valence-corrected chi connectivity index (χ1v) is 5.60. The quantitative estimate of drug-likeness (QED) is 0.559. The van der Waals surface area contributed by atoms with E-state index in [0.29, 0.717) is 0 Å². The van der Waals surface area contributed by atoms with Crippen LogP contribution in [0.3, 0.4) is 0 Å². The highest BCUT2D eigenvalue weighted by Crippen LogP contribution is 2.38. The second-order valence-electron chi connectivity index (χ2n) is 4.92. The van der Waals surface area contributed by atoms with Crippen LogP contribution in [0.5, 0.6) is 0 Å². The average molecular weight is 179 g/mol. The van der Waals surface area contributed by atoms with Crippen molar-refractivity contribution in [3.63, 3.8) is 0 Å². The van der Waals surface area contributed by atoms with Gasteiger partial charge in [0, 0.05) is 6.04 Å². The Hall–Kier alpha value is -0.300. The van der Waals surface area contributed by atoms with Crippen molar-refractivity contribution in [2.75, 3.05) is 13.6 Å². The fourth-order valence-electron chi connectivity index (χ4n) is 3.02. The van der Waals surface area contributed by atoms with Crippen LogP contribution in [-0.4, -0.2) is 24.5 Å². The van der Waals surface area contributed by atoms with Gasteiger partial charge in [0.2, 0.25) is 0 Å². The van der Waals surface area contributed by atoms with Crippen LogP contribution in [0.1, 0.15) is 33.1 Å². The number of likely N-dealkylation sites (N-methyl/N-ethyl adjacent to an activating group) is 1. The summed E-state index contributed by atoms with van der Waals surface area (Å²) >= 11 is 0. The Balaban J connectivity index is 2.15. The zero-order valence-corrected chi connectivity index (χ0v) is 9.09. The van der Waals surface area contributed by atoms with Gasteiger partial charge in [-0.05, 0) is 44.7 Å². The van der Waals surface area contributed by atoms with E-state index >= 15 is 0 Å². The highest BCUT2D eigenvalue weighted by molar-refractivity contribution is 5.22. The molecule has 0 bridgehead atoms. The zero-order chi connectivity index (χ0) is 9.42. The normalized spacial score (nSPS) is 34.9. The van der Waals surface area contributed by atoms with Gasteiger partial charge in [-0.3, -0.25) is 4.90 Å².